The minimum atomic E-state index is 0.0513. The van der Waals surface area contributed by atoms with Crippen LogP contribution in [-0.2, 0) is 12.8 Å². The lowest BCUT2D eigenvalue weighted by Crippen LogP contribution is -2.36. The second-order valence-corrected chi connectivity index (χ2v) is 6.38. The van der Waals surface area contributed by atoms with Gasteiger partial charge in [0, 0.05) is 18.4 Å². The molecule has 0 saturated carbocycles. The standard InChI is InChI=1S/C20H21N3O/c1-3-16-19(23-12-10-14(2)13-18(23)21-16)20(24)22-11-6-8-15-7-4-5-9-17(15)22/h4-5,7,9-10,12-13H,3,6,8,11H2,1-2H3. The molecule has 3 heterocycles. The zero-order valence-corrected chi connectivity index (χ0v) is 14.1. The van der Waals surface area contributed by atoms with Crippen molar-refractivity contribution in [2.45, 2.75) is 33.1 Å². The molecule has 0 atom stereocenters. The number of rotatable bonds is 2. The van der Waals surface area contributed by atoms with Crippen LogP contribution in [0.1, 0.15) is 40.7 Å². The highest BCUT2D eigenvalue weighted by Crippen LogP contribution is 2.29. The van der Waals surface area contributed by atoms with Gasteiger partial charge >= 0.3 is 0 Å². The Morgan fingerprint density at radius 3 is 2.92 bits per heavy atom. The van der Waals surface area contributed by atoms with E-state index >= 15 is 0 Å². The van der Waals surface area contributed by atoms with Gasteiger partial charge in [-0.05, 0) is 55.5 Å². The van der Waals surface area contributed by atoms with Crippen molar-refractivity contribution in [3.63, 3.8) is 0 Å². The van der Waals surface area contributed by atoms with E-state index in [-0.39, 0.29) is 5.91 Å². The first-order valence-electron chi connectivity index (χ1n) is 8.56. The van der Waals surface area contributed by atoms with Crippen molar-refractivity contribution in [2.75, 3.05) is 11.4 Å². The quantitative estimate of drug-likeness (QED) is 0.720. The van der Waals surface area contributed by atoms with Crippen molar-refractivity contribution in [1.29, 1.82) is 0 Å². The third-order valence-electron chi connectivity index (χ3n) is 4.75. The summed E-state index contributed by atoms with van der Waals surface area (Å²) in [6.07, 6.45) is 4.74. The molecule has 0 bridgehead atoms. The molecule has 3 aromatic rings. The van der Waals surface area contributed by atoms with Gasteiger partial charge in [-0.2, -0.15) is 0 Å². The summed E-state index contributed by atoms with van der Waals surface area (Å²) in [6, 6.07) is 12.3. The van der Waals surface area contributed by atoms with Gasteiger partial charge in [0.1, 0.15) is 11.3 Å². The predicted octanol–water partition coefficient (Wildman–Crippen LogP) is 3.80. The molecule has 1 amide bonds. The summed E-state index contributed by atoms with van der Waals surface area (Å²) in [4.78, 5) is 20.0. The molecule has 1 aliphatic heterocycles. The molecule has 0 fully saturated rings. The number of hydrogen-bond donors (Lipinski definition) is 0. The Balaban J connectivity index is 1.85. The van der Waals surface area contributed by atoms with Crippen molar-refractivity contribution in [3.8, 4) is 0 Å². The zero-order chi connectivity index (χ0) is 16.7. The van der Waals surface area contributed by atoms with E-state index in [0.29, 0.717) is 5.69 Å². The Morgan fingerprint density at radius 2 is 2.08 bits per heavy atom. The van der Waals surface area contributed by atoms with Gasteiger partial charge in [0.15, 0.2) is 0 Å². The molecular formula is C20H21N3O. The minimum absolute atomic E-state index is 0.0513. The topological polar surface area (TPSA) is 37.6 Å². The van der Waals surface area contributed by atoms with E-state index < -0.39 is 0 Å². The van der Waals surface area contributed by atoms with Gasteiger partial charge in [0.25, 0.3) is 5.91 Å². The van der Waals surface area contributed by atoms with Crippen LogP contribution in [0.2, 0.25) is 0 Å². The number of aromatic nitrogens is 2. The SMILES string of the molecule is CCc1nc2cc(C)ccn2c1C(=O)N1CCCc2ccccc21. The fourth-order valence-electron chi connectivity index (χ4n) is 3.54. The summed E-state index contributed by atoms with van der Waals surface area (Å²) in [7, 11) is 0. The van der Waals surface area contributed by atoms with Crippen molar-refractivity contribution >= 4 is 17.2 Å². The van der Waals surface area contributed by atoms with Gasteiger partial charge < -0.3 is 4.90 Å². The lowest BCUT2D eigenvalue weighted by atomic mass is 10.0. The van der Waals surface area contributed by atoms with Crippen LogP contribution in [0.3, 0.4) is 0 Å². The highest BCUT2D eigenvalue weighted by Gasteiger charge is 2.27. The van der Waals surface area contributed by atoms with Crippen LogP contribution in [0, 0.1) is 6.92 Å². The average molecular weight is 319 g/mol. The van der Waals surface area contributed by atoms with Crippen LogP contribution >= 0.6 is 0 Å². The third kappa shape index (κ3) is 2.30. The largest absolute Gasteiger partial charge is 0.307 e. The van der Waals surface area contributed by atoms with Crippen molar-refractivity contribution < 1.29 is 4.79 Å². The molecule has 2 aromatic heterocycles. The second-order valence-electron chi connectivity index (χ2n) is 6.38. The molecule has 0 spiro atoms. The molecule has 4 heteroatoms. The number of anilines is 1. The van der Waals surface area contributed by atoms with Crippen LogP contribution in [0.25, 0.3) is 5.65 Å². The number of carbonyl (C=O) groups is 1. The van der Waals surface area contributed by atoms with Gasteiger partial charge in [-0.25, -0.2) is 4.98 Å². The highest BCUT2D eigenvalue weighted by molar-refractivity contribution is 6.07. The van der Waals surface area contributed by atoms with Crippen molar-refractivity contribution in [3.05, 3.63) is 65.1 Å². The first-order chi connectivity index (χ1) is 11.7. The summed E-state index contributed by atoms with van der Waals surface area (Å²) >= 11 is 0. The van der Waals surface area contributed by atoms with E-state index in [4.69, 9.17) is 0 Å². The van der Waals surface area contributed by atoms with E-state index in [0.717, 1.165) is 48.4 Å². The Morgan fingerprint density at radius 1 is 1.25 bits per heavy atom. The van der Waals surface area contributed by atoms with Gasteiger partial charge in [-0.1, -0.05) is 25.1 Å². The van der Waals surface area contributed by atoms with Gasteiger partial charge in [0.05, 0.1) is 5.69 Å². The molecule has 1 aliphatic rings. The normalized spacial score (nSPS) is 14.0. The molecule has 4 nitrogen and oxygen atoms in total. The second kappa shape index (κ2) is 5.78. The summed E-state index contributed by atoms with van der Waals surface area (Å²) in [6.45, 7) is 4.86. The van der Waals surface area contributed by atoms with Gasteiger partial charge in [-0.3, -0.25) is 9.20 Å². The van der Waals surface area contributed by atoms with Crippen LogP contribution in [0.5, 0.6) is 0 Å². The summed E-state index contributed by atoms with van der Waals surface area (Å²) in [5.74, 6) is 0.0513. The number of carbonyl (C=O) groups excluding carboxylic acids is 1. The van der Waals surface area contributed by atoms with E-state index in [1.807, 2.05) is 52.8 Å². The number of nitrogens with zero attached hydrogens (tertiary/aromatic N) is 3. The Kier molecular flexibility index (Phi) is 3.60. The monoisotopic (exact) mass is 319 g/mol. The van der Waals surface area contributed by atoms with E-state index in [2.05, 4.69) is 18.0 Å². The number of fused-ring (bicyclic) bond motifs is 2. The van der Waals surface area contributed by atoms with Crippen molar-refractivity contribution in [1.82, 2.24) is 9.38 Å². The summed E-state index contributed by atoms with van der Waals surface area (Å²) in [5.41, 5.74) is 5.86. The molecular weight excluding hydrogens is 298 g/mol. The Labute approximate surface area is 141 Å². The number of pyridine rings is 1. The minimum Gasteiger partial charge on any atom is -0.307 e. The molecule has 0 radical (unpaired) electrons. The maximum Gasteiger partial charge on any atom is 0.277 e. The number of amides is 1. The highest BCUT2D eigenvalue weighted by atomic mass is 16.2. The molecule has 122 valence electrons. The molecule has 4 rings (SSSR count). The Bertz CT molecular complexity index is 926. The number of benzene rings is 1. The van der Waals surface area contributed by atoms with E-state index in [1.165, 1.54) is 5.56 Å². The summed E-state index contributed by atoms with van der Waals surface area (Å²) < 4.78 is 1.94. The van der Waals surface area contributed by atoms with Crippen LogP contribution in [-0.4, -0.2) is 21.8 Å². The number of aryl methyl sites for hydroxylation is 3. The lowest BCUT2D eigenvalue weighted by Gasteiger charge is -2.29. The van der Waals surface area contributed by atoms with Crippen LogP contribution in [0.4, 0.5) is 5.69 Å². The molecule has 1 aromatic carbocycles. The maximum absolute atomic E-state index is 13.4. The molecule has 0 N–H and O–H groups in total. The number of hydrogen-bond acceptors (Lipinski definition) is 2. The molecule has 0 saturated heterocycles. The molecule has 24 heavy (non-hydrogen) atoms. The van der Waals surface area contributed by atoms with Crippen LogP contribution < -0.4 is 4.90 Å². The van der Waals surface area contributed by atoms with Gasteiger partial charge in [0.2, 0.25) is 0 Å². The molecule has 0 unspecified atom stereocenters. The fraction of sp³-hybridized carbons (Fsp3) is 0.300. The zero-order valence-electron chi connectivity index (χ0n) is 14.1. The summed E-state index contributed by atoms with van der Waals surface area (Å²) in [5, 5.41) is 0. The molecule has 0 aliphatic carbocycles. The predicted molar refractivity (Wildman–Crippen MR) is 95.7 cm³/mol. The first kappa shape index (κ1) is 14.9. The third-order valence-corrected chi connectivity index (χ3v) is 4.75. The van der Waals surface area contributed by atoms with Crippen molar-refractivity contribution in [2.24, 2.45) is 0 Å². The maximum atomic E-state index is 13.4. The van der Waals surface area contributed by atoms with Gasteiger partial charge in [-0.15, -0.1) is 0 Å². The lowest BCUT2D eigenvalue weighted by molar-refractivity contribution is 0.0978. The average Bonchev–Trinajstić information content (AvgIpc) is 2.98. The Hall–Kier alpha value is -2.62. The smallest absolute Gasteiger partial charge is 0.277 e. The van der Waals surface area contributed by atoms with E-state index in [9.17, 15) is 4.79 Å². The van der Waals surface area contributed by atoms with Crippen LogP contribution in [0.15, 0.2) is 42.6 Å². The number of para-hydroxylation sites is 1. The number of imidazole rings is 1. The van der Waals surface area contributed by atoms with E-state index in [1.54, 1.807) is 0 Å². The first-order valence-corrected chi connectivity index (χ1v) is 8.56. The fourth-order valence-corrected chi connectivity index (χ4v) is 3.54.